The van der Waals surface area contributed by atoms with Gasteiger partial charge in [-0.2, -0.15) is 0 Å². The number of aryl methyl sites for hydroxylation is 1. The molecule has 22 heavy (non-hydrogen) atoms. The highest BCUT2D eigenvalue weighted by Crippen LogP contribution is 2.21. The molecule has 4 heteroatoms. The van der Waals surface area contributed by atoms with Crippen LogP contribution >= 0.6 is 0 Å². The van der Waals surface area contributed by atoms with Gasteiger partial charge in [0.25, 0.3) is 0 Å². The summed E-state index contributed by atoms with van der Waals surface area (Å²) in [6.45, 7) is 2.61. The molecule has 0 aliphatic heterocycles. The molecule has 0 saturated carbocycles. The van der Waals surface area contributed by atoms with Crippen LogP contribution in [0.3, 0.4) is 0 Å². The molecule has 0 saturated heterocycles. The predicted octanol–water partition coefficient (Wildman–Crippen LogP) is 3.21. The van der Waals surface area contributed by atoms with E-state index in [4.69, 9.17) is 9.52 Å². The summed E-state index contributed by atoms with van der Waals surface area (Å²) in [6, 6.07) is 15.0. The highest BCUT2D eigenvalue weighted by atomic mass is 16.4. The number of fused-ring (bicyclic) bond motifs is 1. The highest BCUT2D eigenvalue weighted by Gasteiger charge is 2.03. The Balaban J connectivity index is 1.80. The van der Waals surface area contributed by atoms with Crippen LogP contribution in [-0.2, 0) is 13.2 Å². The lowest BCUT2D eigenvalue weighted by atomic mass is 10.1. The smallest absolute Gasteiger partial charge is 0.336 e. The van der Waals surface area contributed by atoms with E-state index in [2.05, 4.69) is 5.32 Å². The molecule has 4 nitrogen and oxygen atoms in total. The molecule has 0 radical (unpaired) electrons. The van der Waals surface area contributed by atoms with E-state index < -0.39 is 0 Å². The van der Waals surface area contributed by atoms with Gasteiger partial charge in [-0.1, -0.05) is 24.3 Å². The molecule has 2 N–H and O–H groups in total. The van der Waals surface area contributed by atoms with Gasteiger partial charge in [-0.15, -0.1) is 0 Å². The normalized spacial score (nSPS) is 10.8. The molecule has 0 aliphatic rings. The Morgan fingerprint density at radius 3 is 2.50 bits per heavy atom. The first-order chi connectivity index (χ1) is 10.7. The molecule has 0 unspecified atom stereocenters. The predicted molar refractivity (Wildman–Crippen MR) is 86.9 cm³/mol. The molecule has 0 spiro atoms. The summed E-state index contributed by atoms with van der Waals surface area (Å²) < 4.78 is 5.24. The van der Waals surface area contributed by atoms with Crippen molar-refractivity contribution in [3.05, 3.63) is 75.6 Å². The van der Waals surface area contributed by atoms with Crippen molar-refractivity contribution in [3.63, 3.8) is 0 Å². The topological polar surface area (TPSA) is 62.5 Å². The summed E-state index contributed by atoms with van der Waals surface area (Å²) in [5.74, 6) is 0. The minimum Gasteiger partial charge on any atom is -0.423 e. The Hall–Kier alpha value is -2.59. The van der Waals surface area contributed by atoms with E-state index in [1.54, 1.807) is 0 Å². The second-order valence-corrected chi connectivity index (χ2v) is 5.29. The summed E-state index contributed by atoms with van der Waals surface area (Å²) in [6.07, 6.45) is 0. The number of aliphatic hydroxyl groups excluding tert-OH is 1. The summed E-state index contributed by atoms with van der Waals surface area (Å²) in [7, 11) is 0. The Bertz CT molecular complexity index is 850. The van der Waals surface area contributed by atoms with Crippen LogP contribution in [0.4, 0.5) is 5.69 Å². The van der Waals surface area contributed by atoms with Crippen molar-refractivity contribution in [3.8, 4) is 0 Å². The van der Waals surface area contributed by atoms with Crippen molar-refractivity contribution >= 4 is 16.7 Å². The third-order valence-corrected chi connectivity index (χ3v) is 3.65. The lowest BCUT2D eigenvalue weighted by Crippen LogP contribution is -2.01. The molecule has 1 heterocycles. The second-order valence-electron chi connectivity index (χ2n) is 5.29. The van der Waals surface area contributed by atoms with Gasteiger partial charge in [0, 0.05) is 29.8 Å². The maximum absolute atomic E-state index is 11.4. The van der Waals surface area contributed by atoms with E-state index in [1.807, 2.05) is 49.4 Å². The van der Waals surface area contributed by atoms with E-state index in [9.17, 15) is 4.79 Å². The van der Waals surface area contributed by atoms with Crippen LogP contribution in [0.5, 0.6) is 0 Å². The molecule has 2 aromatic carbocycles. The van der Waals surface area contributed by atoms with Gasteiger partial charge in [0.2, 0.25) is 0 Å². The minimum atomic E-state index is -0.332. The average Bonchev–Trinajstić information content (AvgIpc) is 2.53. The second kappa shape index (κ2) is 6.03. The van der Waals surface area contributed by atoms with E-state index in [-0.39, 0.29) is 12.2 Å². The molecular formula is C18H17NO3. The fourth-order valence-electron chi connectivity index (χ4n) is 2.40. The monoisotopic (exact) mass is 295 g/mol. The quantitative estimate of drug-likeness (QED) is 0.726. The number of nitrogens with one attached hydrogen (secondary N) is 1. The molecule has 0 fully saturated rings. The number of aliphatic hydroxyl groups is 1. The summed E-state index contributed by atoms with van der Waals surface area (Å²) in [5.41, 5.74) is 4.08. The van der Waals surface area contributed by atoms with E-state index >= 15 is 0 Å². The molecule has 3 aromatic rings. The summed E-state index contributed by atoms with van der Waals surface area (Å²) in [4.78, 5) is 11.4. The van der Waals surface area contributed by atoms with E-state index in [0.29, 0.717) is 12.1 Å². The van der Waals surface area contributed by atoms with Gasteiger partial charge in [0.05, 0.1) is 6.61 Å². The summed E-state index contributed by atoms with van der Waals surface area (Å²) in [5, 5.41) is 13.3. The maximum atomic E-state index is 11.4. The maximum Gasteiger partial charge on any atom is 0.336 e. The van der Waals surface area contributed by atoms with Crippen molar-refractivity contribution < 1.29 is 9.52 Å². The van der Waals surface area contributed by atoms with Crippen LogP contribution in [0.25, 0.3) is 11.0 Å². The van der Waals surface area contributed by atoms with Crippen LogP contribution in [0, 0.1) is 6.92 Å². The molecule has 0 bridgehead atoms. The Kier molecular flexibility index (Phi) is 3.94. The fourth-order valence-corrected chi connectivity index (χ4v) is 2.40. The minimum absolute atomic E-state index is 0.0523. The SMILES string of the molecule is Cc1cc(=O)oc2cc(NCc3ccc(CO)cc3)ccc12. The largest absolute Gasteiger partial charge is 0.423 e. The van der Waals surface area contributed by atoms with Gasteiger partial charge >= 0.3 is 5.63 Å². The van der Waals surface area contributed by atoms with Crippen LogP contribution in [-0.4, -0.2) is 5.11 Å². The summed E-state index contributed by atoms with van der Waals surface area (Å²) >= 11 is 0. The van der Waals surface area contributed by atoms with E-state index in [0.717, 1.165) is 27.8 Å². The third-order valence-electron chi connectivity index (χ3n) is 3.65. The zero-order valence-corrected chi connectivity index (χ0v) is 12.3. The van der Waals surface area contributed by atoms with Crippen molar-refractivity contribution in [2.24, 2.45) is 0 Å². The standard InChI is InChI=1S/C18H17NO3/c1-12-8-18(21)22-17-9-15(6-7-16(12)17)19-10-13-2-4-14(11-20)5-3-13/h2-9,19-20H,10-11H2,1H3. The molecule has 1 aromatic heterocycles. The van der Waals surface area contributed by atoms with Crippen molar-refractivity contribution in [1.29, 1.82) is 0 Å². The lowest BCUT2D eigenvalue weighted by Gasteiger charge is -2.08. The molecule has 0 aliphatic carbocycles. The number of benzene rings is 2. The Labute approximate surface area is 128 Å². The van der Waals surface area contributed by atoms with E-state index in [1.165, 1.54) is 6.07 Å². The first kappa shape index (κ1) is 14.4. The number of anilines is 1. The van der Waals surface area contributed by atoms with Crippen LogP contribution in [0.1, 0.15) is 16.7 Å². The first-order valence-electron chi connectivity index (χ1n) is 7.13. The zero-order chi connectivity index (χ0) is 15.5. The van der Waals surface area contributed by atoms with Crippen LogP contribution < -0.4 is 10.9 Å². The molecule has 0 atom stereocenters. The average molecular weight is 295 g/mol. The van der Waals surface area contributed by atoms with Crippen LogP contribution in [0.2, 0.25) is 0 Å². The Morgan fingerprint density at radius 2 is 1.77 bits per heavy atom. The van der Waals surface area contributed by atoms with Gasteiger partial charge in [-0.3, -0.25) is 0 Å². The van der Waals surface area contributed by atoms with Gasteiger partial charge in [0.15, 0.2) is 0 Å². The van der Waals surface area contributed by atoms with Gasteiger partial charge in [-0.05, 0) is 35.7 Å². The lowest BCUT2D eigenvalue weighted by molar-refractivity contribution is 0.282. The van der Waals surface area contributed by atoms with Crippen molar-refractivity contribution in [2.75, 3.05) is 5.32 Å². The van der Waals surface area contributed by atoms with Gasteiger partial charge in [-0.25, -0.2) is 4.79 Å². The molecular weight excluding hydrogens is 278 g/mol. The molecule has 3 rings (SSSR count). The number of hydrogen-bond donors (Lipinski definition) is 2. The Morgan fingerprint density at radius 1 is 1.05 bits per heavy atom. The van der Waals surface area contributed by atoms with Crippen molar-refractivity contribution in [2.45, 2.75) is 20.1 Å². The van der Waals surface area contributed by atoms with Crippen LogP contribution in [0.15, 0.2) is 57.7 Å². The first-order valence-corrected chi connectivity index (χ1v) is 7.13. The number of hydrogen-bond acceptors (Lipinski definition) is 4. The highest BCUT2D eigenvalue weighted by molar-refractivity contribution is 5.83. The zero-order valence-electron chi connectivity index (χ0n) is 12.3. The van der Waals surface area contributed by atoms with Gasteiger partial charge in [0.1, 0.15) is 5.58 Å². The number of rotatable bonds is 4. The fraction of sp³-hybridized carbons (Fsp3) is 0.167. The third kappa shape index (κ3) is 3.02. The van der Waals surface area contributed by atoms with Gasteiger partial charge < -0.3 is 14.8 Å². The molecule has 112 valence electrons. The van der Waals surface area contributed by atoms with Crippen molar-refractivity contribution in [1.82, 2.24) is 0 Å². The molecule has 0 amide bonds.